The molecule has 3 amide bonds. The van der Waals surface area contributed by atoms with Crippen molar-refractivity contribution in [3.63, 3.8) is 0 Å². The highest BCUT2D eigenvalue weighted by atomic mass is 19.4. The maximum Gasteiger partial charge on any atom is 0.573 e. The summed E-state index contributed by atoms with van der Waals surface area (Å²) in [4.78, 5) is 38.9. The van der Waals surface area contributed by atoms with Crippen molar-refractivity contribution < 1.29 is 32.3 Å². The van der Waals surface area contributed by atoms with E-state index in [9.17, 15) is 27.6 Å². The largest absolute Gasteiger partial charge is 0.573 e. The van der Waals surface area contributed by atoms with Crippen LogP contribution in [0.25, 0.3) is 0 Å². The van der Waals surface area contributed by atoms with Crippen molar-refractivity contribution in [2.75, 3.05) is 6.54 Å². The van der Waals surface area contributed by atoms with Crippen LogP contribution in [0.1, 0.15) is 38.2 Å². The number of hydrogen-bond donors (Lipinski definition) is 2. The molecule has 1 aromatic carbocycles. The number of amides is 3. The lowest BCUT2D eigenvalue weighted by Gasteiger charge is -2.29. The van der Waals surface area contributed by atoms with E-state index in [2.05, 4.69) is 16.0 Å². The first-order valence-electron chi connectivity index (χ1n) is 10.2. The van der Waals surface area contributed by atoms with Crippen molar-refractivity contribution >= 4 is 17.7 Å². The molecule has 1 aliphatic heterocycles. The zero-order chi connectivity index (χ0) is 23.7. The second kappa shape index (κ2) is 8.73. The number of nitrogens with zero attached hydrogens (tertiary/aromatic N) is 1. The van der Waals surface area contributed by atoms with Gasteiger partial charge in [-0.25, -0.2) is 0 Å². The molecule has 32 heavy (non-hydrogen) atoms. The van der Waals surface area contributed by atoms with Crippen LogP contribution in [0.2, 0.25) is 0 Å². The van der Waals surface area contributed by atoms with Gasteiger partial charge < -0.3 is 20.7 Å². The predicted molar refractivity (Wildman–Crippen MR) is 108 cm³/mol. The lowest BCUT2D eigenvalue weighted by atomic mass is 9.93. The van der Waals surface area contributed by atoms with Gasteiger partial charge in [-0.05, 0) is 42.9 Å². The molecule has 1 heterocycles. The molecule has 0 radical (unpaired) electrons. The Labute approximate surface area is 183 Å². The van der Waals surface area contributed by atoms with E-state index in [1.54, 1.807) is 0 Å². The smallest absolute Gasteiger partial charge is 0.406 e. The number of nitrogens with one attached hydrogen (secondary N) is 1. The topological polar surface area (TPSA) is 102 Å². The summed E-state index contributed by atoms with van der Waals surface area (Å²) in [5.74, 6) is 0.630. The van der Waals surface area contributed by atoms with Gasteiger partial charge in [-0.3, -0.25) is 14.4 Å². The molecule has 3 rings (SSSR count). The Balaban J connectivity index is 1.75. The van der Waals surface area contributed by atoms with Crippen LogP contribution in [0.4, 0.5) is 13.2 Å². The molecule has 0 bridgehead atoms. The molecule has 7 nitrogen and oxygen atoms in total. The third-order valence-electron chi connectivity index (χ3n) is 5.80. The normalized spacial score (nSPS) is 22.5. The van der Waals surface area contributed by atoms with Crippen molar-refractivity contribution in [3.05, 3.63) is 29.8 Å². The number of primary amides is 1. The molecule has 172 valence electrons. The number of rotatable bonds is 7. The standard InChI is InChI=1S/C22H24F3N3O4/c1-3-15(11-18(26)29)27-19(30)17-10-13(2)12-28(17)20(31)21(8-9-21)14-4-6-16(7-5-14)32-22(23,24)25/h1,4-7,13,15,17H,8-12H2,2H3,(H2,26,29)(H,27,30)/t13-,15-,17+/m1/s1. The maximum atomic E-state index is 13.5. The number of carbonyl (C=O) groups is 3. The molecule has 0 aromatic heterocycles. The van der Waals surface area contributed by atoms with Crippen molar-refractivity contribution in [2.45, 2.75) is 56.5 Å². The van der Waals surface area contributed by atoms with Gasteiger partial charge in [0.2, 0.25) is 17.7 Å². The number of carbonyl (C=O) groups excluding carboxylic acids is 3. The average Bonchev–Trinajstić information content (AvgIpc) is 3.41. The summed E-state index contributed by atoms with van der Waals surface area (Å²) in [5.41, 5.74) is 4.85. The molecule has 10 heteroatoms. The third kappa shape index (κ3) is 5.15. The molecule has 1 aliphatic carbocycles. The van der Waals surface area contributed by atoms with Gasteiger partial charge in [0.1, 0.15) is 11.8 Å². The van der Waals surface area contributed by atoms with E-state index in [0.29, 0.717) is 31.4 Å². The number of hydrogen-bond acceptors (Lipinski definition) is 4. The Morgan fingerprint density at radius 3 is 2.44 bits per heavy atom. The first-order valence-corrected chi connectivity index (χ1v) is 10.2. The second-order valence-corrected chi connectivity index (χ2v) is 8.37. The average molecular weight is 451 g/mol. The van der Waals surface area contributed by atoms with Gasteiger partial charge in [0, 0.05) is 6.54 Å². The van der Waals surface area contributed by atoms with Crippen LogP contribution in [0.3, 0.4) is 0 Å². The van der Waals surface area contributed by atoms with Crippen LogP contribution >= 0.6 is 0 Å². The van der Waals surface area contributed by atoms with Crippen molar-refractivity contribution in [2.24, 2.45) is 11.7 Å². The van der Waals surface area contributed by atoms with E-state index < -0.39 is 35.7 Å². The Kier molecular flexibility index (Phi) is 6.39. The highest BCUT2D eigenvalue weighted by Crippen LogP contribution is 2.51. The second-order valence-electron chi connectivity index (χ2n) is 8.37. The number of alkyl halides is 3. The van der Waals surface area contributed by atoms with E-state index in [0.717, 1.165) is 0 Å². The number of terminal acetylenes is 1. The van der Waals surface area contributed by atoms with E-state index in [1.165, 1.54) is 29.2 Å². The van der Waals surface area contributed by atoms with E-state index in [4.69, 9.17) is 12.2 Å². The lowest BCUT2D eigenvalue weighted by Crippen LogP contribution is -2.51. The van der Waals surface area contributed by atoms with Crippen LogP contribution in [0.5, 0.6) is 5.75 Å². The molecule has 1 saturated heterocycles. The summed E-state index contributed by atoms with van der Waals surface area (Å²) in [6.45, 7) is 2.28. The zero-order valence-electron chi connectivity index (χ0n) is 17.4. The fourth-order valence-corrected chi connectivity index (χ4v) is 4.14. The summed E-state index contributed by atoms with van der Waals surface area (Å²) < 4.78 is 41.1. The number of ether oxygens (including phenoxy) is 1. The number of halogens is 3. The maximum absolute atomic E-state index is 13.5. The van der Waals surface area contributed by atoms with E-state index >= 15 is 0 Å². The molecule has 0 unspecified atom stereocenters. The third-order valence-corrected chi connectivity index (χ3v) is 5.80. The van der Waals surface area contributed by atoms with Crippen molar-refractivity contribution in [1.29, 1.82) is 0 Å². The highest BCUT2D eigenvalue weighted by molar-refractivity contribution is 5.96. The number of benzene rings is 1. The number of likely N-dealkylation sites (tertiary alicyclic amines) is 1. The molecule has 2 aliphatic rings. The quantitative estimate of drug-likeness (QED) is 0.618. The molecule has 0 spiro atoms. The van der Waals surface area contributed by atoms with Gasteiger partial charge >= 0.3 is 6.36 Å². The molecule has 2 fully saturated rings. The van der Waals surface area contributed by atoms with Crippen molar-refractivity contribution in [1.82, 2.24) is 10.2 Å². The van der Waals surface area contributed by atoms with Gasteiger partial charge in [-0.2, -0.15) is 0 Å². The summed E-state index contributed by atoms with van der Waals surface area (Å²) in [6, 6.07) is 3.61. The van der Waals surface area contributed by atoms with Gasteiger partial charge in [0.15, 0.2) is 0 Å². The highest BCUT2D eigenvalue weighted by Gasteiger charge is 2.55. The summed E-state index contributed by atoms with van der Waals surface area (Å²) in [7, 11) is 0. The first kappa shape index (κ1) is 23.4. The van der Waals surface area contributed by atoms with E-state index in [-0.39, 0.29) is 24.0 Å². The van der Waals surface area contributed by atoms with Gasteiger partial charge in [0.25, 0.3) is 0 Å². The summed E-state index contributed by atoms with van der Waals surface area (Å²) >= 11 is 0. The minimum Gasteiger partial charge on any atom is -0.406 e. The van der Waals surface area contributed by atoms with Crippen LogP contribution in [0.15, 0.2) is 24.3 Å². The van der Waals surface area contributed by atoms with Gasteiger partial charge in [-0.15, -0.1) is 19.6 Å². The lowest BCUT2D eigenvalue weighted by molar-refractivity contribution is -0.274. The minimum absolute atomic E-state index is 0.0634. The Bertz CT molecular complexity index is 935. The van der Waals surface area contributed by atoms with Crippen LogP contribution in [0, 0.1) is 18.3 Å². The predicted octanol–water partition coefficient (Wildman–Crippen LogP) is 1.85. The Morgan fingerprint density at radius 1 is 1.31 bits per heavy atom. The summed E-state index contributed by atoms with van der Waals surface area (Å²) in [6.07, 6.45) is 1.83. The van der Waals surface area contributed by atoms with Crippen molar-refractivity contribution in [3.8, 4) is 18.1 Å². The minimum atomic E-state index is -4.80. The van der Waals surface area contributed by atoms with Crippen LogP contribution in [-0.2, 0) is 19.8 Å². The molecular formula is C22H24F3N3O4. The molecule has 3 N–H and O–H groups in total. The zero-order valence-corrected chi connectivity index (χ0v) is 17.4. The SMILES string of the molecule is C#C[C@H](CC(N)=O)NC(=O)[C@@H]1C[C@@H](C)CN1C(=O)C1(c2ccc(OC(F)(F)F)cc2)CC1. The molecule has 1 saturated carbocycles. The molecule has 3 atom stereocenters. The monoisotopic (exact) mass is 451 g/mol. The first-order chi connectivity index (χ1) is 14.9. The molecular weight excluding hydrogens is 427 g/mol. The molecule has 1 aromatic rings. The van der Waals surface area contributed by atoms with Crippen LogP contribution in [-0.4, -0.2) is 47.6 Å². The Hall–Kier alpha value is -3.22. The fraction of sp³-hybridized carbons (Fsp3) is 0.500. The summed E-state index contributed by atoms with van der Waals surface area (Å²) in [5, 5.41) is 2.59. The van der Waals surface area contributed by atoms with E-state index in [1.807, 2.05) is 6.92 Å². The van der Waals surface area contributed by atoms with Gasteiger partial charge in [0.05, 0.1) is 17.9 Å². The van der Waals surface area contributed by atoms with Gasteiger partial charge in [-0.1, -0.05) is 25.0 Å². The van der Waals surface area contributed by atoms with Crippen LogP contribution < -0.4 is 15.8 Å². The fourth-order valence-electron chi connectivity index (χ4n) is 4.14. The number of nitrogens with two attached hydrogens (primary N) is 1. The Morgan fingerprint density at radius 2 is 1.94 bits per heavy atom.